The monoisotopic (exact) mass is 308 g/mol. The van der Waals surface area contributed by atoms with E-state index in [9.17, 15) is 4.79 Å². The first-order valence-electron chi connectivity index (χ1n) is 7.76. The predicted octanol–water partition coefficient (Wildman–Crippen LogP) is 3.05. The lowest BCUT2D eigenvalue weighted by Gasteiger charge is -2.11. The molecule has 23 heavy (non-hydrogen) atoms. The lowest BCUT2D eigenvalue weighted by molar-refractivity contribution is -0.120. The van der Waals surface area contributed by atoms with Gasteiger partial charge in [0, 0.05) is 24.6 Å². The second kappa shape index (κ2) is 6.65. The standard InChI is InChI=1S/C19H20N2O2/c1-3-4-19(22)21-12-16-10-15-9-14(6-8-18(15)23-16)17-7-5-13(2)11-20-17/h3,5-9,11,16H,1,4,10,12H2,2H3,(H,21,22). The summed E-state index contributed by atoms with van der Waals surface area (Å²) in [7, 11) is 0. The molecule has 1 atom stereocenters. The minimum absolute atomic E-state index is 0.0139. The van der Waals surface area contributed by atoms with Gasteiger partial charge in [-0.15, -0.1) is 6.58 Å². The van der Waals surface area contributed by atoms with E-state index in [0.717, 1.165) is 34.6 Å². The fourth-order valence-corrected chi connectivity index (χ4v) is 2.66. The van der Waals surface area contributed by atoms with Crippen molar-refractivity contribution in [2.45, 2.75) is 25.9 Å². The van der Waals surface area contributed by atoms with Crippen LogP contribution in [-0.4, -0.2) is 23.5 Å². The lowest BCUT2D eigenvalue weighted by Crippen LogP contribution is -2.34. The molecule has 1 unspecified atom stereocenters. The summed E-state index contributed by atoms with van der Waals surface area (Å²) in [5.41, 5.74) is 4.35. The molecule has 0 radical (unpaired) electrons. The highest BCUT2D eigenvalue weighted by molar-refractivity contribution is 5.77. The van der Waals surface area contributed by atoms with E-state index < -0.39 is 0 Å². The molecule has 0 saturated heterocycles. The fourth-order valence-electron chi connectivity index (χ4n) is 2.66. The lowest BCUT2D eigenvalue weighted by atomic mass is 10.0. The molecule has 118 valence electrons. The summed E-state index contributed by atoms with van der Waals surface area (Å²) in [5.74, 6) is 0.868. The van der Waals surface area contributed by atoms with E-state index in [1.165, 1.54) is 0 Å². The Labute approximate surface area is 136 Å². The second-order valence-electron chi connectivity index (χ2n) is 5.78. The third kappa shape index (κ3) is 3.59. The third-order valence-corrected chi connectivity index (χ3v) is 3.87. The van der Waals surface area contributed by atoms with Gasteiger partial charge in [-0.3, -0.25) is 9.78 Å². The van der Waals surface area contributed by atoms with Crippen molar-refractivity contribution in [2.24, 2.45) is 0 Å². The number of carbonyl (C=O) groups is 1. The van der Waals surface area contributed by atoms with Crippen LogP contribution in [0.15, 0.2) is 49.2 Å². The molecule has 0 aliphatic carbocycles. The number of fused-ring (bicyclic) bond motifs is 1. The Morgan fingerprint density at radius 2 is 2.30 bits per heavy atom. The smallest absolute Gasteiger partial charge is 0.223 e. The number of pyridine rings is 1. The third-order valence-electron chi connectivity index (χ3n) is 3.87. The van der Waals surface area contributed by atoms with Crippen LogP contribution in [0.2, 0.25) is 0 Å². The summed E-state index contributed by atoms with van der Waals surface area (Å²) < 4.78 is 5.88. The van der Waals surface area contributed by atoms with Gasteiger partial charge < -0.3 is 10.1 Å². The summed E-state index contributed by atoms with van der Waals surface area (Å²) in [6.07, 6.45) is 4.59. The van der Waals surface area contributed by atoms with Gasteiger partial charge in [0.15, 0.2) is 0 Å². The maximum Gasteiger partial charge on any atom is 0.223 e. The molecule has 1 aliphatic heterocycles. The van der Waals surface area contributed by atoms with E-state index in [4.69, 9.17) is 4.74 Å². The number of hydrogen-bond acceptors (Lipinski definition) is 3. The summed E-state index contributed by atoms with van der Waals surface area (Å²) >= 11 is 0. The molecule has 1 aliphatic rings. The van der Waals surface area contributed by atoms with E-state index in [-0.39, 0.29) is 12.0 Å². The number of ether oxygens (including phenoxy) is 1. The van der Waals surface area contributed by atoms with E-state index >= 15 is 0 Å². The van der Waals surface area contributed by atoms with Gasteiger partial charge >= 0.3 is 0 Å². The summed E-state index contributed by atoms with van der Waals surface area (Å²) in [5, 5.41) is 2.87. The molecule has 2 heterocycles. The number of nitrogens with one attached hydrogen (secondary N) is 1. The van der Waals surface area contributed by atoms with Crippen LogP contribution in [0, 0.1) is 6.92 Å². The van der Waals surface area contributed by atoms with Crippen molar-refractivity contribution in [3.8, 4) is 17.0 Å². The van der Waals surface area contributed by atoms with Gasteiger partial charge in [0.1, 0.15) is 11.9 Å². The Balaban J connectivity index is 1.67. The maximum absolute atomic E-state index is 11.5. The zero-order valence-corrected chi connectivity index (χ0v) is 13.2. The zero-order chi connectivity index (χ0) is 16.2. The van der Waals surface area contributed by atoms with Crippen LogP contribution in [0.3, 0.4) is 0 Å². The van der Waals surface area contributed by atoms with Crippen LogP contribution in [0.25, 0.3) is 11.3 Å². The normalized spacial score (nSPS) is 15.6. The Morgan fingerprint density at radius 3 is 3.04 bits per heavy atom. The quantitative estimate of drug-likeness (QED) is 0.864. The number of benzene rings is 1. The number of aromatic nitrogens is 1. The molecule has 2 aromatic rings. The van der Waals surface area contributed by atoms with Crippen LogP contribution in [0.4, 0.5) is 0 Å². The Hall–Kier alpha value is -2.62. The molecule has 0 fully saturated rings. The van der Waals surface area contributed by atoms with Crippen molar-refractivity contribution < 1.29 is 9.53 Å². The van der Waals surface area contributed by atoms with Crippen molar-refractivity contribution in [3.63, 3.8) is 0 Å². The minimum Gasteiger partial charge on any atom is -0.488 e. The number of hydrogen-bond donors (Lipinski definition) is 1. The van der Waals surface area contributed by atoms with Crippen molar-refractivity contribution >= 4 is 5.91 Å². The highest BCUT2D eigenvalue weighted by Crippen LogP contribution is 2.32. The molecular formula is C19H20N2O2. The first-order chi connectivity index (χ1) is 11.2. The van der Waals surface area contributed by atoms with E-state index in [2.05, 4.69) is 29.0 Å². The van der Waals surface area contributed by atoms with Crippen LogP contribution >= 0.6 is 0 Å². The molecule has 1 aromatic heterocycles. The Bertz CT molecular complexity index is 723. The second-order valence-corrected chi connectivity index (χ2v) is 5.78. The van der Waals surface area contributed by atoms with Gasteiger partial charge in [-0.1, -0.05) is 12.1 Å². The van der Waals surface area contributed by atoms with Crippen molar-refractivity contribution in [3.05, 3.63) is 60.3 Å². The van der Waals surface area contributed by atoms with Crippen LogP contribution < -0.4 is 10.1 Å². The van der Waals surface area contributed by atoms with Crippen LogP contribution in [-0.2, 0) is 11.2 Å². The van der Waals surface area contributed by atoms with Gasteiger partial charge in [-0.05, 0) is 42.3 Å². The molecule has 1 amide bonds. The van der Waals surface area contributed by atoms with Crippen molar-refractivity contribution in [1.29, 1.82) is 0 Å². The van der Waals surface area contributed by atoms with Crippen LogP contribution in [0.1, 0.15) is 17.5 Å². The number of carbonyl (C=O) groups excluding carboxylic acids is 1. The largest absolute Gasteiger partial charge is 0.488 e. The van der Waals surface area contributed by atoms with E-state index in [1.54, 1.807) is 6.08 Å². The summed E-state index contributed by atoms with van der Waals surface area (Å²) in [4.78, 5) is 16.0. The highest BCUT2D eigenvalue weighted by atomic mass is 16.5. The molecule has 1 aromatic carbocycles. The zero-order valence-electron chi connectivity index (χ0n) is 13.2. The van der Waals surface area contributed by atoms with Crippen molar-refractivity contribution in [1.82, 2.24) is 10.3 Å². The van der Waals surface area contributed by atoms with Gasteiger partial charge in [0.2, 0.25) is 5.91 Å². The maximum atomic E-state index is 11.5. The minimum atomic E-state index is -0.0240. The SMILES string of the molecule is C=CCC(=O)NCC1Cc2cc(-c3ccc(C)cn3)ccc2O1. The van der Waals surface area contributed by atoms with Crippen LogP contribution in [0.5, 0.6) is 5.75 Å². The molecule has 0 spiro atoms. The molecule has 0 saturated carbocycles. The predicted molar refractivity (Wildman–Crippen MR) is 90.4 cm³/mol. The van der Waals surface area contributed by atoms with Gasteiger partial charge in [-0.25, -0.2) is 0 Å². The number of nitrogens with zero attached hydrogens (tertiary/aromatic N) is 1. The highest BCUT2D eigenvalue weighted by Gasteiger charge is 2.23. The first-order valence-corrected chi connectivity index (χ1v) is 7.76. The first kappa shape index (κ1) is 15.3. The number of rotatable bonds is 5. The molecule has 4 heteroatoms. The Kier molecular flexibility index (Phi) is 4.42. The molecule has 4 nitrogen and oxygen atoms in total. The van der Waals surface area contributed by atoms with Gasteiger partial charge in [0.05, 0.1) is 12.2 Å². The van der Waals surface area contributed by atoms with E-state index in [1.807, 2.05) is 31.3 Å². The molecule has 1 N–H and O–H groups in total. The number of amides is 1. The summed E-state index contributed by atoms with van der Waals surface area (Å²) in [6, 6.07) is 10.2. The number of aryl methyl sites for hydroxylation is 1. The topological polar surface area (TPSA) is 51.2 Å². The van der Waals surface area contributed by atoms with Gasteiger partial charge in [-0.2, -0.15) is 0 Å². The van der Waals surface area contributed by atoms with E-state index in [0.29, 0.717) is 13.0 Å². The molecule has 3 rings (SSSR count). The van der Waals surface area contributed by atoms with Crippen molar-refractivity contribution in [2.75, 3.05) is 6.54 Å². The summed E-state index contributed by atoms with van der Waals surface area (Å²) in [6.45, 7) is 6.10. The average Bonchev–Trinajstić information content (AvgIpc) is 2.96. The average molecular weight is 308 g/mol. The fraction of sp³-hybridized carbons (Fsp3) is 0.263. The molecular weight excluding hydrogens is 288 g/mol. The Morgan fingerprint density at radius 1 is 1.43 bits per heavy atom. The van der Waals surface area contributed by atoms with Gasteiger partial charge in [0.25, 0.3) is 0 Å². The molecule has 0 bridgehead atoms.